The van der Waals surface area contributed by atoms with Crippen LogP contribution < -0.4 is 0 Å². The second-order valence-electron chi connectivity index (χ2n) is 9.64. The first-order chi connectivity index (χ1) is 17.8. The molecule has 0 spiro atoms. The van der Waals surface area contributed by atoms with Gasteiger partial charge in [0.25, 0.3) is 5.91 Å². The number of rotatable bonds is 10. The Balaban J connectivity index is 1.55. The first-order valence-corrected chi connectivity index (χ1v) is 13.2. The number of hydrogen-bond acceptors (Lipinski definition) is 2. The number of carbonyl (C=O) groups excluding carboxylic acids is 2. The number of para-hydroxylation sites is 1. The van der Waals surface area contributed by atoms with E-state index in [0.29, 0.717) is 41.7 Å². The van der Waals surface area contributed by atoms with Gasteiger partial charge in [-0.1, -0.05) is 67.4 Å². The van der Waals surface area contributed by atoms with Crippen LogP contribution in [0.4, 0.5) is 0 Å². The third kappa shape index (κ3) is 7.15. The Kier molecular flexibility index (Phi) is 8.91. The first-order valence-electron chi connectivity index (χ1n) is 12.4. The Morgan fingerprint density at radius 1 is 0.865 bits per heavy atom. The van der Waals surface area contributed by atoms with Crippen LogP contribution in [-0.4, -0.2) is 46.2 Å². The number of aromatic nitrogens is 1. The summed E-state index contributed by atoms with van der Waals surface area (Å²) in [5.41, 5.74) is 3.72. The topological polar surface area (TPSA) is 56.4 Å². The molecule has 0 aliphatic carbocycles. The van der Waals surface area contributed by atoms with Gasteiger partial charge in [-0.15, -0.1) is 0 Å². The Hall–Kier alpha value is -3.28. The van der Waals surface area contributed by atoms with Crippen molar-refractivity contribution in [3.63, 3.8) is 0 Å². The normalized spacial score (nSPS) is 11.2. The molecule has 4 aromatic rings. The van der Waals surface area contributed by atoms with Gasteiger partial charge in [-0.2, -0.15) is 0 Å². The summed E-state index contributed by atoms with van der Waals surface area (Å²) in [6, 6.07) is 22.4. The van der Waals surface area contributed by atoms with Crippen LogP contribution in [0.2, 0.25) is 10.0 Å². The number of nitrogens with one attached hydrogen (secondary N) is 1. The van der Waals surface area contributed by atoms with Gasteiger partial charge in [0.2, 0.25) is 5.91 Å². The number of H-pyrrole nitrogens is 1. The molecule has 1 heterocycles. The van der Waals surface area contributed by atoms with Gasteiger partial charge in [0.1, 0.15) is 6.54 Å². The summed E-state index contributed by atoms with van der Waals surface area (Å²) in [6.45, 7) is 5.51. The third-order valence-corrected chi connectivity index (χ3v) is 6.76. The van der Waals surface area contributed by atoms with E-state index in [4.69, 9.17) is 23.2 Å². The fourth-order valence-corrected chi connectivity index (χ4v) is 4.65. The summed E-state index contributed by atoms with van der Waals surface area (Å²) in [5, 5.41) is 2.37. The highest BCUT2D eigenvalue weighted by Gasteiger charge is 2.23. The summed E-state index contributed by atoms with van der Waals surface area (Å²) >= 11 is 12.1. The van der Waals surface area contributed by atoms with Crippen molar-refractivity contribution < 1.29 is 9.59 Å². The van der Waals surface area contributed by atoms with E-state index in [0.717, 1.165) is 22.0 Å². The zero-order valence-corrected chi connectivity index (χ0v) is 22.6. The van der Waals surface area contributed by atoms with Gasteiger partial charge in [-0.25, -0.2) is 0 Å². The fourth-order valence-electron chi connectivity index (χ4n) is 4.39. The number of amides is 2. The number of fused-ring (bicyclic) bond motifs is 1. The lowest BCUT2D eigenvalue weighted by Gasteiger charge is -2.29. The van der Waals surface area contributed by atoms with Crippen molar-refractivity contribution in [2.24, 2.45) is 5.92 Å². The minimum absolute atomic E-state index is 0.00111. The zero-order valence-electron chi connectivity index (χ0n) is 21.1. The molecule has 0 aliphatic heterocycles. The second kappa shape index (κ2) is 12.3. The maximum absolute atomic E-state index is 13.7. The van der Waals surface area contributed by atoms with Crippen LogP contribution in [0, 0.1) is 5.92 Å². The van der Waals surface area contributed by atoms with Crippen LogP contribution in [0.25, 0.3) is 10.9 Å². The number of hydrogen-bond donors (Lipinski definition) is 1. The molecule has 37 heavy (non-hydrogen) atoms. The summed E-state index contributed by atoms with van der Waals surface area (Å²) in [5.74, 6) is -0.0699. The predicted octanol–water partition coefficient (Wildman–Crippen LogP) is 6.84. The van der Waals surface area contributed by atoms with Crippen LogP contribution >= 0.6 is 23.2 Å². The van der Waals surface area contributed by atoms with Gasteiger partial charge in [0, 0.05) is 52.3 Å². The molecule has 0 aliphatic rings. The van der Waals surface area contributed by atoms with Crippen LogP contribution in [0.5, 0.6) is 0 Å². The average molecular weight is 537 g/mol. The van der Waals surface area contributed by atoms with Crippen molar-refractivity contribution in [2.45, 2.75) is 26.8 Å². The lowest BCUT2D eigenvalue weighted by Crippen LogP contribution is -2.44. The molecule has 0 radical (unpaired) electrons. The van der Waals surface area contributed by atoms with Gasteiger partial charge in [-0.05, 0) is 65.9 Å². The van der Waals surface area contributed by atoms with Crippen molar-refractivity contribution in [3.05, 3.63) is 106 Å². The van der Waals surface area contributed by atoms with Crippen molar-refractivity contribution in [3.8, 4) is 0 Å². The molecular formula is C30H31Cl2N3O2. The number of nitrogens with zero attached hydrogens (tertiary/aromatic N) is 2. The van der Waals surface area contributed by atoms with Crippen LogP contribution in [0.1, 0.15) is 35.3 Å². The molecule has 192 valence electrons. The molecular weight excluding hydrogens is 505 g/mol. The number of benzene rings is 3. The summed E-state index contributed by atoms with van der Waals surface area (Å²) in [4.78, 5) is 33.8. The van der Waals surface area contributed by atoms with Gasteiger partial charge in [0.05, 0.1) is 0 Å². The van der Waals surface area contributed by atoms with E-state index in [1.807, 2.05) is 67.4 Å². The van der Waals surface area contributed by atoms with E-state index in [1.54, 1.807) is 29.2 Å². The molecule has 4 rings (SSSR count). The molecule has 0 atom stereocenters. The third-order valence-electron chi connectivity index (χ3n) is 6.26. The Labute approximate surface area is 228 Å². The molecule has 2 amide bonds. The van der Waals surface area contributed by atoms with Crippen LogP contribution in [-0.2, 0) is 17.8 Å². The largest absolute Gasteiger partial charge is 0.361 e. The minimum atomic E-state index is -0.179. The molecule has 0 saturated heterocycles. The highest BCUT2D eigenvalue weighted by molar-refractivity contribution is 6.30. The van der Waals surface area contributed by atoms with Gasteiger partial charge in [-0.3, -0.25) is 9.59 Å². The van der Waals surface area contributed by atoms with Crippen molar-refractivity contribution in [1.82, 2.24) is 14.8 Å². The van der Waals surface area contributed by atoms with Crippen molar-refractivity contribution in [2.75, 3.05) is 19.6 Å². The summed E-state index contributed by atoms with van der Waals surface area (Å²) < 4.78 is 0. The number of carbonyl (C=O) groups is 2. The van der Waals surface area contributed by atoms with E-state index in [-0.39, 0.29) is 24.3 Å². The molecule has 1 aromatic heterocycles. The van der Waals surface area contributed by atoms with Gasteiger partial charge < -0.3 is 14.8 Å². The predicted molar refractivity (Wildman–Crippen MR) is 151 cm³/mol. The molecule has 0 bridgehead atoms. The molecule has 0 fully saturated rings. The van der Waals surface area contributed by atoms with E-state index in [9.17, 15) is 9.59 Å². The fraction of sp³-hybridized carbons (Fsp3) is 0.267. The van der Waals surface area contributed by atoms with Crippen LogP contribution in [0.3, 0.4) is 0 Å². The monoisotopic (exact) mass is 535 g/mol. The number of aromatic amines is 1. The molecule has 5 nitrogen and oxygen atoms in total. The van der Waals surface area contributed by atoms with Gasteiger partial charge >= 0.3 is 0 Å². The maximum Gasteiger partial charge on any atom is 0.254 e. The van der Waals surface area contributed by atoms with Crippen molar-refractivity contribution in [1.29, 1.82) is 0 Å². The minimum Gasteiger partial charge on any atom is -0.361 e. The zero-order chi connectivity index (χ0) is 26.4. The van der Waals surface area contributed by atoms with Crippen LogP contribution in [0.15, 0.2) is 79.0 Å². The Morgan fingerprint density at radius 2 is 1.51 bits per heavy atom. The number of halogens is 2. The molecule has 7 heteroatoms. The molecule has 3 aromatic carbocycles. The maximum atomic E-state index is 13.7. The summed E-state index contributed by atoms with van der Waals surface area (Å²) in [7, 11) is 0. The van der Waals surface area contributed by atoms with Crippen molar-refractivity contribution >= 4 is 45.9 Å². The average Bonchev–Trinajstić information content (AvgIpc) is 3.30. The lowest BCUT2D eigenvalue weighted by atomic mass is 10.1. The molecule has 1 N–H and O–H groups in total. The summed E-state index contributed by atoms with van der Waals surface area (Å²) in [6.07, 6.45) is 2.70. The molecule has 0 unspecified atom stereocenters. The Bertz CT molecular complexity index is 1350. The SMILES string of the molecule is CC(C)CN(CC(=O)N(CCc1c[nH]c2ccccc12)Cc1ccc(Cl)cc1)C(=O)c1ccc(Cl)cc1. The van der Waals surface area contributed by atoms with E-state index in [1.165, 1.54) is 0 Å². The van der Waals surface area contributed by atoms with Gasteiger partial charge in [0.15, 0.2) is 0 Å². The van der Waals surface area contributed by atoms with E-state index >= 15 is 0 Å². The standard InChI is InChI=1S/C30H31Cl2N3O2/c1-21(2)18-35(30(37)23-9-13-26(32)14-10-23)20-29(36)34(19-22-7-11-25(31)12-8-22)16-15-24-17-33-28-6-4-3-5-27(24)28/h3-14,17,21,33H,15-16,18-20H2,1-2H3. The Morgan fingerprint density at radius 3 is 2.19 bits per heavy atom. The molecule has 0 saturated carbocycles. The highest BCUT2D eigenvalue weighted by atomic mass is 35.5. The lowest BCUT2D eigenvalue weighted by molar-refractivity contribution is -0.132. The highest BCUT2D eigenvalue weighted by Crippen LogP contribution is 2.20. The van der Waals surface area contributed by atoms with E-state index < -0.39 is 0 Å². The quantitative estimate of drug-likeness (QED) is 0.241. The van der Waals surface area contributed by atoms with E-state index in [2.05, 4.69) is 11.1 Å². The second-order valence-corrected chi connectivity index (χ2v) is 10.5. The first kappa shape index (κ1) is 26.8. The smallest absolute Gasteiger partial charge is 0.254 e.